The van der Waals surface area contributed by atoms with Gasteiger partial charge < -0.3 is 34.6 Å². The Hall–Kier alpha value is -3.05. The second-order valence-corrected chi connectivity index (χ2v) is 14.9. The molecule has 2 aliphatic rings. The van der Waals surface area contributed by atoms with E-state index in [4.69, 9.17) is 19.3 Å². The maximum absolute atomic E-state index is 13.5. The molecule has 0 bridgehead atoms. The first kappa shape index (κ1) is 42.1. The molecule has 1 saturated heterocycles. The second-order valence-electron chi connectivity index (χ2n) is 14.9. The van der Waals surface area contributed by atoms with Crippen molar-refractivity contribution in [2.75, 3.05) is 0 Å². The number of rotatable bonds is 8. The first-order valence-corrected chi connectivity index (χ1v) is 17.5. The molecule has 2 heterocycles. The van der Waals surface area contributed by atoms with Crippen LogP contribution in [-0.4, -0.2) is 74.6 Å². The number of aliphatic hydroxyl groups is 3. The zero-order chi connectivity index (χ0) is 37.4. The molecule has 0 aliphatic carbocycles. The molecule has 0 amide bonds. The molecular weight excluding hydrogens is 628 g/mol. The summed E-state index contributed by atoms with van der Waals surface area (Å²) in [7, 11) is 0. The molecule has 10 nitrogen and oxygen atoms in total. The Morgan fingerprint density at radius 1 is 1.02 bits per heavy atom. The van der Waals surface area contributed by atoms with Crippen LogP contribution in [0.5, 0.6) is 0 Å². The van der Waals surface area contributed by atoms with Crippen LogP contribution in [-0.2, 0) is 28.6 Å². The van der Waals surface area contributed by atoms with Gasteiger partial charge in [-0.1, -0.05) is 90.8 Å². The number of allylic oxidation sites excluding steroid dienone is 5. The van der Waals surface area contributed by atoms with E-state index in [1.165, 1.54) is 0 Å². The number of carboxylic acids is 1. The molecule has 2 rings (SSSR count). The summed E-state index contributed by atoms with van der Waals surface area (Å²) in [5.74, 6) is -7.09. The maximum Gasteiger partial charge on any atom is 0.334 e. The van der Waals surface area contributed by atoms with Crippen LogP contribution in [0.4, 0.5) is 0 Å². The summed E-state index contributed by atoms with van der Waals surface area (Å²) in [4.78, 5) is 36.8. The number of carboxylic acid groups (broad SMARTS) is 1. The minimum atomic E-state index is -1.92. The standard InChI is InChI=1S/C39H60O10/c1-21(2)36-28(9)31(47-33(42)16-15-32(40)41)20-39(46,49-36)30(11)35(44)29(10)37-24(5)14-12-13-22(3)17-25(6)34(43)26(7)18-23(4)19-27(8)38(45)48-37/h12-16,18-19,21,24-26,28-31,34-37,43-44,46H,17,20H2,1-11H3,(H,40,41)/b14-12+,16-15+,22-13+,23-18+,27-19+/t24-,25+,26-,28+,29-,30+,31-,34+,35-,36-,37-,39-/m1/s1. The van der Waals surface area contributed by atoms with Gasteiger partial charge in [-0.3, -0.25) is 0 Å². The summed E-state index contributed by atoms with van der Waals surface area (Å²) in [6.45, 7) is 20.5. The van der Waals surface area contributed by atoms with Crippen molar-refractivity contribution in [3.05, 3.63) is 59.3 Å². The van der Waals surface area contributed by atoms with Crippen molar-refractivity contribution in [1.82, 2.24) is 0 Å². The summed E-state index contributed by atoms with van der Waals surface area (Å²) in [5, 5.41) is 43.6. The normalized spacial score (nSPS) is 38.2. The summed E-state index contributed by atoms with van der Waals surface area (Å²) >= 11 is 0. The van der Waals surface area contributed by atoms with Crippen molar-refractivity contribution in [3.8, 4) is 0 Å². The molecular formula is C39H60O10. The van der Waals surface area contributed by atoms with Gasteiger partial charge in [-0.25, -0.2) is 14.4 Å². The lowest BCUT2D eigenvalue weighted by atomic mass is 9.75. The number of hydrogen-bond acceptors (Lipinski definition) is 9. The van der Waals surface area contributed by atoms with Crippen molar-refractivity contribution in [1.29, 1.82) is 0 Å². The van der Waals surface area contributed by atoms with E-state index in [-0.39, 0.29) is 36.0 Å². The molecule has 0 aromatic rings. The highest BCUT2D eigenvalue weighted by molar-refractivity contribution is 5.90. The maximum atomic E-state index is 13.5. The van der Waals surface area contributed by atoms with Gasteiger partial charge in [-0.05, 0) is 45.1 Å². The molecule has 1 fully saturated rings. The first-order chi connectivity index (χ1) is 22.7. The molecule has 0 spiro atoms. The van der Waals surface area contributed by atoms with E-state index in [2.05, 4.69) is 0 Å². The molecule has 0 unspecified atom stereocenters. The van der Waals surface area contributed by atoms with E-state index >= 15 is 0 Å². The number of ether oxygens (including phenoxy) is 3. The van der Waals surface area contributed by atoms with Gasteiger partial charge in [-0.2, -0.15) is 0 Å². The number of carbonyl (C=O) groups is 3. The molecule has 0 radical (unpaired) electrons. The average Bonchev–Trinajstić information content (AvgIpc) is 3.01. The predicted molar refractivity (Wildman–Crippen MR) is 188 cm³/mol. The van der Waals surface area contributed by atoms with Crippen molar-refractivity contribution in [3.63, 3.8) is 0 Å². The summed E-state index contributed by atoms with van der Waals surface area (Å²) in [6.07, 6.45) is 7.59. The number of esters is 2. The first-order valence-electron chi connectivity index (χ1n) is 17.5. The lowest BCUT2D eigenvalue weighted by Gasteiger charge is -2.50. The third-order valence-corrected chi connectivity index (χ3v) is 10.1. The van der Waals surface area contributed by atoms with Gasteiger partial charge in [0.05, 0.1) is 18.3 Å². The van der Waals surface area contributed by atoms with Gasteiger partial charge in [0.15, 0.2) is 5.79 Å². The summed E-state index contributed by atoms with van der Waals surface area (Å²) in [6, 6.07) is 0. The Kier molecular flexibility index (Phi) is 15.7. The molecule has 0 aromatic heterocycles. The van der Waals surface area contributed by atoms with Crippen LogP contribution in [0.15, 0.2) is 59.3 Å². The number of hydrogen-bond donors (Lipinski definition) is 4. The molecule has 0 aromatic carbocycles. The third kappa shape index (κ3) is 11.8. The summed E-state index contributed by atoms with van der Waals surface area (Å²) in [5.41, 5.74) is 2.27. The van der Waals surface area contributed by atoms with E-state index in [1.807, 2.05) is 79.7 Å². The monoisotopic (exact) mass is 688 g/mol. The Morgan fingerprint density at radius 2 is 1.65 bits per heavy atom. The molecule has 12 atom stereocenters. The lowest BCUT2D eigenvalue weighted by Crippen LogP contribution is -2.59. The van der Waals surface area contributed by atoms with Gasteiger partial charge in [-0.15, -0.1) is 0 Å². The zero-order valence-corrected chi connectivity index (χ0v) is 31.1. The highest BCUT2D eigenvalue weighted by atomic mass is 16.6. The van der Waals surface area contributed by atoms with E-state index in [1.54, 1.807) is 26.8 Å². The predicted octanol–water partition coefficient (Wildman–Crippen LogP) is 5.92. The van der Waals surface area contributed by atoms with E-state index < -0.39 is 66.1 Å². The van der Waals surface area contributed by atoms with Gasteiger partial charge in [0, 0.05) is 53.7 Å². The molecule has 276 valence electrons. The van der Waals surface area contributed by atoms with Crippen LogP contribution in [0.25, 0.3) is 0 Å². The highest BCUT2D eigenvalue weighted by Gasteiger charge is 2.52. The Labute approximate surface area is 292 Å². The van der Waals surface area contributed by atoms with Gasteiger partial charge >= 0.3 is 17.9 Å². The minimum absolute atomic E-state index is 0.0175. The van der Waals surface area contributed by atoms with Crippen LogP contribution < -0.4 is 0 Å². The molecule has 2 aliphatic heterocycles. The Morgan fingerprint density at radius 3 is 2.24 bits per heavy atom. The topological polar surface area (TPSA) is 160 Å². The fraction of sp³-hybridized carbons (Fsp3) is 0.667. The van der Waals surface area contributed by atoms with Crippen molar-refractivity contribution >= 4 is 17.9 Å². The largest absolute Gasteiger partial charge is 0.478 e. The number of cyclic esters (lactones) is 1. The molecule has 10 heteroatoms. The Balaban J connectivity index is 2.47. The van der Waals surface area contributed by atoms with Crippen LogP contribution in [0.3, 0.4) is 0 Å². The van der Waals surface area contributed by atoms with Crippen LogP contribution in [0, 0.1) is 41.4 Å². The summed E-state index contributed by atoms with van der Waals surface area (Å²) < 4.78 is 18.0. The minimum Gasteiger partial charge on any atom is -0.478 e. The number of aliphatic hydroxyl groups excluding tert-OH is 2. The highest BCUT2D eigenvalue weighted by Crippen LogP contribution is 2.42. The van der Waals surface area contributed by atoms with Gasteiger partial charge in [0.1, 0.15) is 12.2 Å². The van der Waals surface area contributed by atoms with Crippen LogP contribution in [0.1, 0.15) is 89.0 Å². The van der Waals surface area contributed by atoms with E-state index in [0.717, 1.165) is 17.2 Å². The lowest BCUT2D eigenvalue weighted by molar-refractivity contribution is -0.329. The van der Waals surface area contributed by atoms with Crippen molar-refractivity contribution in [2.45, 2.75) is 125 Å². The third-order valence-electron chi connectivity index (χ3n) is 10.1. The molecule has 0 saturated carbocycles. The number of carbonyl (C=O) groups excluding carboxylic acids is 2. The quantitative estimate of drug-likeness (QED) is 0.178. The zero-order valence-electron chi connectivity index (χ0n) is 31.1. The SMILES string of the molecule is CC1=C\[C@@H](C)[C@@H](O)[C@@H](C)C/C(C)=C/C=C/[C@@H](C)[C@H]([C@H](C)[C@@H](O)[C@H](C)[C@@]2(O)C[C@@H](OC(=O)/C=C/C(=O)O)[C@H](C)[C@@H](C(C)C)O2)OC(=O)\C(C)=C\1. The van der Waals surface area contributed by atoms with Gasteiger partial charge in [0.2, 0.25) is 0 Å². The van der Waals surface area contributed by atoms with Crippen molar-refractivity contribution in [2.24, 2.45) is 41.4 Å². The van der Waals surface area contributed by atoms with Crippen LogP contribution in [0.2, 0.25) is 0 Å². The fourth-order valence-corrected chi connectivity index (χ4v) is 7.10. The van der Waals surface area contributed by atoms with Crippen LogP contribution >= 0.6 is 0 Å². The molecule has 4 N–H and O–H groups in total. The second kappa shape index (κ2) is 18.3. The molecule has 49 heavy (non-hydrogen) atoms. The number of aliphatic carboxylic acids is 1. The van der Waals surface area contributed by atoms with Crippen molar-refractivity contribution < 1.29 is 49.0 Å². The average molecular weight is 689 g/mol. The van der Waals surface area contributed by atoms with E-state index in [9.17, 15) is 29.7 Å². The fourth-order valence-electron chi connectivity index (χ4n) is 7.10. The smallest absolute Gasteiger partial charge is 0.334 e. The Bertz CT molecular complexity index is 1310. The van der Waals surface area contributed by atoms with E-state index in [0.29, 0.717) is 18.1 Å². The van der Waals surface area contributed by atoms with Gasteiger partial charge in [0.25, 0.3) is 0 Å².